The molecule has 2 atom stereocenters. The lowest BCUT2D eigenvalue weighted by molar-refractivity contribution is -0.142. The minimum atomic E-state index is -1.42. The molecule has 0 fully saturated rings. The number of ether oxygens (including phenoxy) is 1. The Morgan fingerprint density at radius 1 is 1.28 bits per heavy atom. The van der Waals surface area contributed by atoms with Crippen molar-refractivity contribution >= 4 is 5.97 Å². The van der Waals surface area contributed by atoms with Crippen molar-refractivity contribution in [3.8, 4) is 0 Å². The predicted octanol–water partition coefficient (Wildman–Crippen LogP) is 2.34. The first-order chi connectivity index (χ1) is 8.36. The van der Waals surface area contributed by atoms with Gasteiger partial charge in [-0.2, -0.15) is 0 Å². The molecule has 0 aliphatic carbocycles. The molecule has 0 saturated carbocycles. The zero-order valence-electron chi connectivity index (χ0n) is 9.91. The van der Waals surface area contributed by atoms with Gasteiger partial charge in [-0.15, -0.1) is 0 Å². The summed E-state index contributed by atoms with van der Waals surface area (Å²) < 4.78 is 43.5. The predicted molar refractivity (Wildman–Crippen MR) is 57.1 cm³/mol. The van der Waals surface area contributed by atoms with Gasteiger partial charge in [-0.1, -0.05) is 6.92 Å². The van der Waals surface area contributed by atoms with Gasteiger partial charge in [0.1, 0.15) is 5.82 Å². The summed E-state index contributed by atoms with van der Waals surface area (Å²) in [6.07, 6.45) is -1.57. The molecule has 0 aromatic heterocycles. The molecule has 2 unspecified atom stereocenters. The molecular formula is C12H13F3O3. The lowest BCUT2D eigenvalue weighted by atomic mass is 9.94. The summed E-state index contributed by atoms with van der Waals surface area (Å²) in [5.41, 5.74) is -0.384. The van der Waals surface area contributed by atoms with Crippen LogP contribution in [0.25, 0.3) is 0 Å². The second-order valence-electron chi connectivity index (χ2n) is 3.99. The number of rotatable bonds is 4. The maximum atomic E-state index is 13.4. The number of hydrogen-bond acceptors (Lipinski definition) is 3. The van der Waals surface area contributed by atoms with Gasteiger partial charge in [-0.05, 0) is 12.0 Å². The third kappa shape index (κ3) is 3.22. The molecule has 0 heterocycles. The molecule has 3 nitrogen and oxygen atoms in total. The van der Waals surface area contributed by atoms with Crippen molar-refractivity contribution in [1.82, 2.24) is 0 Å². The Bertz CT molecular complexity index is 448. The average molecular weight is 262 g/mol. The van der Waals surface area contributed by atoms with Crippen LogP contribution >= 0.6 is 0 Å². The van der Waals surface area contributed by atoms with Crippen LogP contribution in [0.3, 0.4) is 0 Å². The summed E-state index contributed by atoms with van der Waals surface area (Å²) in [5.74, 6) is -4.90. The van der Waals surface area contributed by atoms with Crippen molar-refractivity contribution in [2.45, 2.75) is 19.4 Å². The van der Waals surface area contributed by atoms with Gasteiger partial charge in [0.25, 0.3) is 0 Å². The molecule has 1 aromatic carbocycles. The molecule has 0 aliphatic rings. The van der Waals surface area contributed by atoms with E-state index in [0.29, 0.717) is 12.1 Å². The summed E-state index contributed by atoms with van der Waals surface area (Å²) >= 11 is 0. The highest BCUT2D eigenvalue weighted by atomic mass is 19.2. The fourth-order valence-corrected chi connectivity index (χ4v) is 1.53. The van der Waals surface area contributed by atoms with Crippen LogP contribution in [0.5, 0.6) is 0 Å². The van der Waals surface area contributed by atoms with Crippen molar-refractivity contribution in [3.63, 3.8) is 0 Å². The molecule has 0 bridgehead atoms. The van der Waals surface area contributed by atoms with Crippen molar-refractivity contribution in [2.24, 2.45) is 5.92 Å². The van der Waals surface area contributed by atoms with Gasteiger partial charge in [0.05, 0.1) is 19.6 Å². The smallest absolute Gasteiger partial charge is 0.305 e. The number of aliphatic hydroxyl groups is 1. The Balaban J connectivity index is 2.93. The third-order valence-electron chi connectivity index (χ3n) is 2.61. The lowest BCUT2D eigenvalue weighted by Gasteiger charge is -2.18. The second-order valence-corrected chi connectivity index (χ2v) is 3.99. The van der Waals surface area contributed by atoms with Gasteiger partial charge in [-0.3, -0.25) is 4.79 Å². The summed E-state index contributed by atoms with van der Waals surface area (Å²) in [4.78, 5) is 11.0. The molecule has 0 saturated heterocycles. The maximum Gasteiger partial charge on any atom is 0.305 e. The highest BCUT2D eigenvalue weighted by molar-refractivity contribution is 5.69. The van der Waals surface area contributed by atoms with Crippen molar-refractivity contribution in [3.05, 3.63) is 35.1 Å². The van der Waals surface area contributed by atoms with E-state index in [0.717, 1.165) is 0 Å². The molecule has 18 heavy (non-hydrogen) atoms. The zero-order valence-corrected chi connectivity index (χ0v) is 9.91. The molecular weight excluding hydrogens is 249 g/mol. The molecule has 100 valence electrons. The minimum absolute atomic E-state index is 0.157. The Labute approximate surface area is 102 Å². The van der Waals surface area contributed by atoms with E-state index < -0.39 is 35.4 Å². The molecule has 0 spiro atoms. The summed E-state index contributed by atoms with van der Waals surface area (Å²) in [7, 11) is 1.18. The molecule has 1 aromatic rings. The number of carbonyl (C=O) groups is 1. The number of carbonyl (C=O) groups excluding carboxylic acids is 1. The standard InChI is InChI=1S/C12H13F3O3/c1-6(3-11(16)18-2)12(17)7-4-9(14)10(15)5-8(7)13/h4-6,12,17H,3H2,1-2H3. The van der Waals surface area contributed by atoms with Gasteiger partial charge in [0.15, 0.2) is 11.6 Å². The quantitative estimate of drug-likeness (QED) is 0.669. The molecule has 0 aliphatic heterocycles. The summed E-state index contributed by atoms with van der Waals surface area (Å²) in [6.45, 7) is 1.47. The molecule has 0 amide bonds. The summed E-state index contributed by atoms with van der Waals surface area (Å²) in [6, 6.07) is 0.946. The number of esters is 1. The fourth-order valence-electron chi connectivity index (χ4n) is 1.53. The second kappa shape index (κ2) is 5.86. The topological polar surface area (TPSA) is 46.5 Å². The van der Waals surface area contributed by atoms with Crippen LogP contribution in [-0.4, -0.2) is 18.2 Å². The first-order valence-electron chi connectivity index (χ1n) is 5.26. The van der Waals surface area contributed by atoms with E-state index in [1.807, 2.05) is 0 Å². The van der Waals surface area contributed by atoms with E-state index >= 15 is 0 Å². The van der Waals surface area contributed by atoms with Gasteiger partial charge >= 0.3 is 5.97 Å². The van der Waals surface area contributed by atoms with Gasteiger partial charge < -0.3 is 9.84 Å². The van der Waals surface area contributed by atoms with Crippen LogP contribution in [-0.2, 0) is 9.53 Å². The van der Waals surface area contributed by atoms with Crippen molar-refractivity contribution < 1.29 is 27.8 Å². The number of methoxy groups -OCH3 is 1. The molecule has 1 rings (SSSR count). The largest absolute Gasteiger partial charge is 0.469 e. The Morgan fingerprint density at radius 3 is 2.39 bits per heavy atom. The van der Waals surface area contributed by atoms with Crippen LogP contribution in [0.4, 0.5) is 13.2 Å². The fraction of sp³-hybridized carbons (Fsp3) is 0.417. The van der Waals surface area contributed by atoms with E-state index in [1.54, 1.807) is 0 Å². The van der Waals surface area contributed by atoms with Crippen LogP contribution in [0.1, 0.15) is 25.0 Å². The van der Waals surface area contributed by atoms with Crippen LogP contribution in [0, 0.1) is 23.4 Å². The molecule has 0 radical (unpaired) electrons. The Hall–Kier alpha value is -1.56. The average Bonchev–Trinajstić information content (AvgIpc) is 2.32. The number of benzene rings is 1. The number of halogens is 3. The van der Waals surface area contributed by atoms with Crippen molar-refractivity contribution in [2.75, 3.05) is 7.11 Å². The lowest BCUT2D eigenvalue weighted by Crippen LogP contribution is -2.16. The third-order valence-corrected chi connectivity index (χ3v) is 2.61. The Morgan fingerprint density at radius 2 is 1.83 bits per heavy atom. The van der Waals surface area contributed by atoms with E-state index in [4.69, 9.17) is 0 Å². The highest BCUT2D eigenvalue weighted by Gasteiger charge is 2.24. The van der Waals surface area contributed by atoms with E-state index in [9.17, 15) is 23.1 Å². The zero-order chi connectivity index (χ0) is 13.9. The van der Waals surface area contributed by atoms with Crippen molar-refractivity contribution in [1.29, 1.82) is 0 Å². The molecule has 6 heteroatoms. The van der Waals surface area contributed by atoms with Crippen LogP contribution < -0.4 is 0 Å². The normalized spacial score (nSPS) is 14.1. The van der Waals surface area contributed by atoms with Crippen LogP contribution in [0.15, 0.2) is 12.1 Å². The Kier molecular flexibility index (Phi) is 4.72. The van der Waals surface area contributed by atoms with E-state index in [-0.39, 0.29) is 12.0 Å². The maximum absolute atomic E-state index is 13.4. The molecule has 1 N–H and O–H groups in total. The SMILES string of the molecule is COC(=O)CC(C)C(O)c1cc(F)c(F)cc1F. The number of aliphatic hydroxyl groups excluding tert-OH is 1. The summed E-state index contributed by atoms with van der Waals surface area (Å²) in [5, 5.41) is 9.79. The first-order valence-corrected chi connectivity index (χ1v) is 5.26. The minimum Gasteiger partial charge on any atom is -0.469 e. The van der Waals surface area contributed by atoms with Gasteiger partial charge in [0, 0.05) is 11.6 Å². The highest BCUT2D eigenvalue weighted by Crippen LogP contribution is 2.28. The number of hydrogen-bond donors (Lipinski definition) is 1. The van der Waals surface area contributed by atoms with E-state index in [1.165, 1.54) is 14.0 Å². The monoisotopic (exact) mass is 262 g/mol. The first kappa shape index (κ1) is 14.5. The van der Waals surface area contributed by atoms with Gasteiger partial charge in [0.2, 0.25) is 0 Å². The van der Waals surface area contributed by atoms with Gasteiger partial charge in [-0.25, -0.2) is 13.2 Å². The van der Waals surface area contributed by atoms with Crippen LogP contribution in [0.2, 0.25) is 0 Å². The van der Waals surface area contributed by atoms with E-state index in [2.05, 4.69) is 4.74 Å².